The predicted molar refractivity (Wildman–Crippen MR) is 71.6 cm³/mol. The number of halogens is 1. The Morgan fingerprint density at radius 2 is 2.06 bits per heavy atom. The van der Waals surface area contributed by atoms with Crippen LogP contribution in [0.25, 0.3) is 0 Å². The minimum absolute atomic E-state index is 0.723. The number of hydrogen-bond acceptors (Lipinski definition) is 2. The van der Waals surface area contributed by atoms with E-state index in [1.165, 1.54) is 11.3 Å². The molecule has 0 aliphatic carbocycles. The van der Waals surface area contributed by atoms with Crippen molar-refractivity contribution in [1.82, 2.24) is 9.78 Å². The molecule has 1 N–H and O–H groups in total. The van der Waals surface area contributed by atoms with Gasteiger partial charge in [0.15, 0.2) is 0 Å². The Balaban J connectivity index is 1.90. The van der Waals surface area contributed by atoms with E-state index in [1.54, 1.807) is 0 Å². The summed E-state index contributed by atoms with van der Waals surface area (Å²) in [6.07, 6.45) is 1.86. The van der Waals surface area contributed by atoms with Crippen molar-refractivity contribution in [3.8, 4) is 0 Å². The average Bonchev–Trinajstić information content (AvgIpc) is 2.61. The normalized spacial score (nSPS) is 10.5. The Kier molecular flexibility index (Phi) is 3.69. The van der Waals surface area contributed by atoms with Gasteiger partial charge in [-0.2, -0.15) is 5.10 Å². The molecule has 0 unspecified atom stereocenters. The summed E-state index contributed by atoms with van der Waals surface area (Å²) in [5.41, 5.74) is 3.30. The number of anilines is 1. The van der Waals surface area contributed by atoms with E-state index in [0.29, 0.717) is 0 Å². The fraction of sp³-hybridized carbons (Fsp3) is 0.308. The molecule has 0 aliphatic heterocycles. The van der Waals surface area contributed by atoms with Gasteiger partial charge < -0.3 is 5.32 Å². The highest BCUT2D eigenvalue weighted by Crippen LogP contribution is 2.14. The van der Waals surface area contributed by atoms with E-state index in [0.717, 1.165) is 23.8 Å². The predicted octanol–water partition coefficient (Wildman–Crippen LogP) is 3.27. The summed E-state index contributed by atoms with van der Waals surface area (Å²) >= 11 is 5.95. The molecular formula is C13H16ClN3. The summed E-state index contributed by atoms with van der Waals surface area (Å²) in [6, 6.07) is 8.25. The zero-order chi connectivity index (χ0) is 12.3. The Morgan fingerprint density at radius 3 is 2.71 bits per heavy atom. The van der Waals surface area contributed by atoms with Gasteiger partial charge in [0.2, 0.25) is 0 Å². The van der Waals surface area contributed by atoms with Gasteiger partial charge in [0, 0.05) is 18.4 Å². The molecule has 0 bridgehead atoms. The fourth-order valence-electron chi connectivity index (χ4n) is 1.68. The van der Waals surface area contributed by atoms with Crippen molar-refractivity contribution in [2.75, 3.05) is 11.9 Å². The second-order valence-corrected chi connectivity index (χ2v) is 4.47. The maximum Gasteiger partial charge on any atom is 0.0814 e. The van der Waals surface area contributed by atoms with Crippen LogP contribution in [0.4, 0.5) is 5.69 Å². The van der Waals surface area contributed by atoms with Crippen LogP contribution >= 0.6 is 11.6 Å². The van der Waals surface area contributed by atoms with Crippen molar-refractivity contribution in [2.24, 2.45) is 0 Å². The summed E-state index contributed by atoms with van der Waals surface area (Å²) in [6.45, 7) is 5.65. The lowest BCUT2D eigenvalue weighted by Crippen LogP contribution is -2.11. The minimum Gasteiger partial charge on any atom is -0.383 e. The third-order valence-electron chi connectivity index (χ3n) is 2.69. The van der Waals surface area contributed by atoms with E-state index in [-0.39, 0.29) is 0 Å². The lowest BCUT2D eigenvalue weighted by molar-refractivity contribution is 0.632. The zero-order valence-electron chi connectivity index (χ0n) is 10.1. The molecule has 0 aliphatic rings. The highest BCUT2D eigenvalue weighted by molar-refractivity contribution is 6.31. The molecule has 0 saturated carbocycles. The average molecular weight is 250 g/mol. The first kappa shape index (κ1) is 12.0. The largest absolute Gasteiger partial charge is 0.383 e. The van der Waals surface area contributed by atoms with Gasteiger partial charge in [0.25, 0.3) is 0 Å². The van der Waals surface area contributed by atoms with Crippen molar-refractivity contribution in [3.63, 3.8) is 0 Å². The van der Waals surface area contributed by atoms with Gasteiger partial charge in [0.05, 0.1) is 17.3 Å². The summed E-state index contributed by atoms with van der Waals surface area (Å²) in [5, 5.41) is 8.42. The number of benzene rings is 1. The molecule has 0 radical (unpaired) electrons. The summed E-state index contributed by atoms with van der Waals surface area (Å²) in [7, 11) is 0. The highest BCUT2D eigenvalue weighted by atomic mass is 35.5. The van der Waals surface area contributed by atoms with Crippen molar-refractivity contribution in [2.45, 2.75) is 20.4 Å². The first-order valence-corrected chi connectivity index (χ1v) is 6.03. The molecule has 1 heterocycles. The van der Waals surface area contributed by atoms with Crippen LogP contribution in [0.1, 0.15) is 11.3 Å². The van der Waals surface area contributed by atoms with E-state index < -0.39 is 0 Å². The van der Waals surface area contributed by atoms with Crippen molar-refractivity contribution in [1.29, 1.82) is 0 Å². The van der Waals surface area contributed by atoms with Crippen LogP contribution in [0.3, 0.4) is 0 Å². The lowest BCUT2D eigenvalue weighted by Gasteiger charge is -2.08. The summed E-state index contributed by atoms with van der Waals surface area (Å²) in [4.78, 5) is 0. The molecular weight excluding hydrogens is 234 g/mol. The SMILES string of the molecule is Cc1ccccc1NCCn1cc(Cl)c(C)n1. The number of nitrogens with zero attached hydrogens (tertiary/aromatic N) is 2. The molecule has 0 amide bonds. The van der Waals surface area contributed by atoms with E-state index in [1.807, 2.05) is 29.9 Å². The molecule has 90 valence electrons. The lowest BCUT2D eigenvalue weighted by atomic mass is 10.2. The maximum atomic E-state index is 5.95. The van der Waals surface area contributed by atoms with Crippen LogP contribution < -0.4 is 5.32 Å². The summed E-state index contributed by atoms with van der Waals surface area (Å²) in [5.74, 6) is 0. The Bertz CT molecular complexity index is 486. The molecule has 3 nitrogen and oxygen atoms in total. The number of hydrogen-bond donors (Lipinski definition) is 1. The van der Waals surface area contributed by atoms with Gasteiger partial charge in [-0.1, -0.05) is 29.8 Å². The Hall–Kier alpha value is -1.48. The summed E-state index contributed by atoms with van der Waals surface area (Å²) < 4.78 is 1.86. The van der Waals surface area contributed by atoms with Crippen molar-refractivity contribution < 1.29 is 0 Å². The quantitative estimate of drug-likeness (QED) is 0.901. The number of nitrogens with one attached hydrogen (secondary N) is 1. The minimum atomic E-state index is 0.723. The van der Waals surface area contributed by atoms with Crippen LogP contribution in [0.2, 0.25) is 5.02 Å². The molecule has 0 saturated heterocycles. The smallest absolute Gasteiger partial charge is 0.0814 e. The van der Waals surface area contributed by atoms with Crippen LogP contribution in [0.5, 0.6) is 0 Å². The monoisotopic (exact) mass is 249 g/mol. The van der Waals surface area contributed by atoms with Crippen LogP contribution in [0, 0.1) is 13.8 Å². The second-order valence-electron chi connectivity index (χ2n) is 4.07. The fourth-order valence-corrected chi connectivity index (χ4v) is 1.83. The molecule has 1 aromatic heterocycles. The molecule has 2 aromatic rings. The van der Waals surface area contributed by atoms with Crippen molar-refractivity contribution in [3.05, 3.63) is 46.7 Å². The van der Waals surface area contributed by atoms with E-state index in [2.05, 4.69) is 29.5 Å². The Labute approximate surface area is 106 Å². The van der Waals surface area contributed by atoms with Gasteiger partial charge in [-0.05, 0) is 25.5 Å². The van der Waals surface area contributed by atoms with E-state index in [4.69, 9.17) is 11.6 Å². The number of aryl methyl sites for hydroxylation is 2. The van der Waals surface area contributed by atoms with Gasteiger partial charge in [-0.3, -0.25) is 4.68 Å². The number of aromatic nitrogens is 2. The zero-order valence-corrected chi connectivity index (χ0v) is 10.8. The second kappa shape index (κ2) is 5.23. The third kappa shape index (κ3) is 3.01. The van der Waals surface area contributed by atoms with Crippen molar-refractivity contribution >= 4 is 17.3 Å². The molecule has 17 heavy (non-hydrogen) atoms. The molecule has 0 spiro atoms. The van der Waals surface area contributed by atoms with Crippen LogP contribution in [0.15, 0.2) is 30.5 Å². The molecule has 2 rings (SSSR count). The number of rotatable bonds is 4. The third-order valence-corrected chi connectivity index (χ3v) is 3.06. The molecule has 0 atom stereocenters. The molecule has 0 fully saturated rings. The van der Waals surface area contributed by atoms with Gasteiger partial charge in [0.1, 0.15) is 0 Å². The molecule has 1 aromatic carbocycles. The number of para-hydroxylation sites is 1. The van der Waals surface area contributed by atoms with E-state index in [9.17, 15) is 0 Å². The highest BCUT2D eigenvalue weighted by Gasteiger charge is 2.01. The standard InChI is InChI=1S/C13H16ClN3/c1-10-5-3-4-6-13(10)15-7-8-17-9-12(14)11(2)16-17/h3-6,9,15H,7-8H2,1-2H3. The van der Waals surface area contributed by atoms with Crippen LogP contribution in [-0.2, 0) is 6.54 Å². The first-order chi connectivity index (χ1) is 8.16. The molecule has 4 heteroatoms. The Morgan fingerprint density at radius 1 is 1.29 bits per heavy atom. The van der Waals surface area contributed by atoms with Gasteiger partial charge in [-0.25, -0.2) is 0 Å². The maximum absolute atomic E-state index is 5.95. The van der Waals surface area contributed by atoms with Gasteiger partial charge in [-0.15, -0.1) is 0 Å². The van der Waals surface area contributed by atoms with E-state index >= 15 is 0 Å². The topological polar surface area (TPSA) is 29.9 Å². The van der Waals surface area contributed by atoms with Crippen LogP contribution in [-0.4, -0.2) is 16.3 Å². The first-order valence-electron chi connectivity index (χ1n) is 5.66. The van der Waals surface area contributed by atoms with Gasteiger partial charge >= 0.3 is 0 Å².